The lowest BCUT2D eigenvalue weighted by molar-refractivity contribution is -0.139. The second-order valence-corrected chi connectivity index (χ2v) is 10.9. The third-order valence-corrected chi connectivity index (χ3v) is 3.35. The van der Waals surface area contributed by atoms with Crippen molar-refractivity contribution in [1.82, 2.24) is 4.90 Å². The third kappa shape index (κ3) is 72.0. The van der Waals surface area contributed by atoms with Crippen molar-refractivity contribution in [3.8, 4) is 0 Å². The molecule has 0 spiro atoms. The van der Waals surface area contributed by atoms with E-state index in [1.54, 1.807) is 6.92 Å². The SMILES string of the molecule is C=C(C)C(=O)OCCN(CCCC)CCCC.CC.CCCCC.O=S(=O)(O)Cl.O=S(Cl)Cl. The van der Waals surface area contributed by atoms with E-state index in [0.717, 1.165) is 19.6 Å². The third-order valence-electron chi connectivity index (χ3n) is 3.35. The van der Waals surface area contributed by atoms with E-state index >= 15 is 0 Å². The second-order valence-electron chi connectivity index (χ2n) is 6.41. The summed E-state index contributed by atoms with van der Waals surface area (Å²) in [4.78, 5) is 13.6. The monoisotopic (exact) mass is 577 g/mol. The summed E-state index contributed by atoms with van der Waals surface area (Å²) in [6.07, 6.45) is 8.89. The molecule has 0 saturated heterocycles. The van der Waals surface area contributed by atoms with Crippen molar-refractivity contribution in [1.29, 1.82) is 0 Å². The molecule has 0 bridgehead atoms. The number of carbonyl (C=O) groups excluding carboxylic acids is 1. The molecule has 0 unspecified atom stereocenters. The average molecular weight is 579 g/mol. The minimum absolute atomic E-state index is 0.282. The van der Waals surface area contributed by atoms with E-state index in [4.69, 9.17) is 21.9 Å². The molecule has 0 rings (SSSR count). The summed E-state index contributed by atoms with van der Waals surface area (Å²) in [5, 5.41) is 0. The number of halogens is 3. The smallest absolute Gasteiger partial charge is 0.353 e. The Labute approximate surface area is 219 Å². The molecule has 33 heavy (non-hydrogen) atoms. The maximum Gasteiger partial charge on any atom is 0.353 e. The minimum atomic E-state index is -4.19. The maximum atomic E-state index is 11.2. The van der Waals surface area contributed by atoms with Crippen molar-refractivity contribution in [2.75, 3.05) is 26.2 Å². The van der Waals surface area contributed by atoms with E-state index in [1.807, 2.05) is 13.8 Å². The van der Waals surface area contributed by atoms with E-state index in [0.29, 0.717) is 12.2 Å². The van der Waals surface area contributed by atoms with Crippen LogP contribution in [0.5, 0.6) is 0 Å². The van der Waals surface area contributed by atoms with Crippen LogP contribution in [0.3, 0.4) is 0 Å². The molecular formula is C21H46Cl3NO6S2. The van der Waals surface area contributed by atoms with Crippen LogP contribution < -0.4 is 0 Å². The van der Waals surface area contributed by atoms with Gasteiger partial charge in [0.05, 0.1) is 0 Å². The number of rotatable bonds is 12. The number of unbranched alkanes of at least 4 members (excludes halogenated alkanes) is 4. The molecule has 0 atom stereocenters. The van der Waals surface area contributed by atoms with Gasteiger partial charge in [0.1, 0.15) is 6.61 Å². The molecule has 0 aromatic rings. The normalized spacial score (nSPS) is 9.73. The first kappa shape index (κ1) is 43.2. The number of carbonyl (C=O) groups is 1. The van der Waals surface area contributed by atoms with E-state index in [9.17, 15) is 4.79 Å². The van der Waals surface area contributed by atoms with Gasteiger partial charge in [-0.1, -0.05) is 80.2 Å². The number of hydrogen-bond donors (Lipinski definition) is 1. The highest BCUT2D eigenvalue weighted by molar-refractivity contribution is 8.26. The number of nitrogens with zero attached hydrogens (tertiary/aromatic N) is 1. The van der Waals surface area contributed by atoms with Crippen molar-refractivity contribution in [2.45, 2.75) is 93.4 Å². The molecule has 0 radical (unpaired) electrons. The summed E-state index contributed by atoms with van der Waals surface area (Å²) in [7, 11) is 7.22. The zero-order chi connectivity index (χ0) is 27.3. The summed E-state index contributed by atoms with van der Waals surface area (Å²) >= 11 is 0. The molecule has 0 heterocycles. The van der Waals surface area contributed by atoms with Crippen LogP contribution in [-0.4, -0.2) is 54.3 Å². The molecule has 0 fully saturated rings. The van der Waals surface area contributed by atoms with Gasteiger partial charge in [-0.05, 0) is 32.9 Å². The second kappa shape index (κ2) is 34.3. The van der Waals surface area contributed by atoms with Gasteiger partial charge in [0, 0.05) is 44.2 Å². The van der Waals surface area contributed by atoms with E-state index in [1.165, 1.54) is 44.9 Å². The lowest BCUT2D eigenvalue weighted by Gasteiger charge is -2.21. The Hall–Kier alpha value is 0.1000. The van der Waals surface area contributed by atoms with Gasteiger partial charge in [-0.15, -0.1) is 0 Å². The minimum Gasteiger partial charge on any atom is -0.461 e. The quantitative estimate of drug-likeness (QED) is 0.112. The van der Waals surface area contributed by atoms with Crippen LogP contribution in [-0.2, 0) is 28.1 Å². The van der Waals surface area contributed by atoms with Gasteiger partial charge in [-0.3, -0.25) is 9.45 Å². The Bertz CT molecular complexity index is 528. The Balaban J connectivity index is -0.000000133. The summed E-state index contributed by atoms with van der Waals surface area (Å²) < 4.78 is 39.4. The van der Waals surface area contributed by atoms with Crippen LogP contribution in [0.25, 0.3) is 0 Å². The topological polar surface area (TPSA) is 101 Å². The molecule has 0 aliphatic carbocycles. The van der Waals surface area contributed by atoms with Crippen LogP contribution in [0.4, 0.5) is 0 Å². The van der Waals surface area contributed by atoms with Gasteiger partial charge in [0.25, 0.3) is 0 Å². The highest BCUT2D eigenvalue weighted by atomic mass is 36.0. The molecule has 7 nitrogen and oxygen atoms in total. The van der Waals surface area contributed by atoms with E-state index in [2.05, 4.69) is 71.2 Å². The van der Waals surface area contributed by atoms with Crippen molar-refractivity contribution in [3.63, 3.8) is 0 Å². The molecule has 204 valence electrons. The molecule has 0 aromatic heterocycles. The van der Waals surface area contributed by atoms with Crippen LogP contribution in [0, 0.1) is 0 Å². The summed E-state index contributed by atoms with van der Waals surface area (Å²) in [5.74, 6) is -0.282. The zero-order valence-electron chi connectivity index (χ0n) is 21.4. The summed E-state index contributed by atoms with van der Waals surface area (Å²) in [5.41, 5.74) is 0.471. The standard InChI is InChI=1S/C14H27NO2.C5H12.C2H6.Cl2OS.ClHO3S/c1-5-7-9-15(10-8-6-2)11-12-17-14(16)13(3)4;1-3-5-4-2;1-2;1-4(2)3;1-5(2,3)4/h3,5-12H2,1-2,4H3;3-5H2,1-2H3;1-2H3;;(H,2,3,4). The fraction of sp³-hybridized carbons (Fsp3) is 0.857. The van der Waals surface area contributed by atoms with Crippen LogP contribution in [0.1, 0.15) is 93.4 Å². The molecule has 0 aliphatic rings. The lowest BCUT2D eigenvalue weighted by Crippen LogP contribution is -2.30. The summed E-state index contributed by atoms with van der Waals surface area (Å²) in [6.45, 7) is 21.5. The van der Waals surface area contributed by atoms with Gasteiger partial charge in [0.15, 0.2) is 0 Å². The van der Waals surface area contributed by atoms with Crippen LogP contribution in [0.15, 0.2) is 12.2 Å². The summed E-state index contributed by atoms with van der Waals surface area (Å²) in [6, 6.07) is 0. The molecule has 12 heteroatoms. The molecule has 0 saturated carbocycles. The molecular weight excluding hydrogens is 533 g/mol. The predicted molar refractivity (Wildman–Crippen MR) is 146 cm³/mol. The first-order chi connectivity index (χ1) is 15.3. The Morgan fingerprint density at radius 2 is 1.24 bits per heavy atom. The number of hydrogen-bond acceptors (Lipinski definition) is 6. The van der Waals surface area contributed by atoms with Gasteiger partial charge in [0.2, 0.25) is 9.23 Å². The molecule has 0 aliphatic heterocycles. The van der Waals surface area contributed by atoms with E-state index in [-0.39, 0.29) is 5.97 Å². The van der Waals surface area contributed by atoms with Gasteiger partial charge >= 0.3 is 15.3 Å². The zero-order valence-corrected chi connectivity index (χ0v) is 25.3. The van der Waals surface area contributed by atoms with Crippen LogP contribution in [0.2, 0.25) is 0 Å². The average Bonchev–Trinajstić information content (AvgIpc) is 2.70. The fourth-order valence-electron chi connectivity index (χ4n) is 1.84. The number of ether oxygens (including phenoxy) is 1. The lowest BCUT2D eigenvalue weighted by atomic mass is 10.2. The molecule has 0 amide bonds. The van der Waals surface area contributed by atoms with Gasteiger partial charge in [-0.2, -0.15) is 8.42 Å². The largest absolute Gasteiger partial charge is 0.461 e. The van der Waals surface area contributed by atoms with Gasteiger partial charge in [-0.25, -0.2) is 9.00 Å². The predicted octanol–water partition coefficient (Wildman–Crippen LogP) is 7.30. The van der Waals surface area contributed by atoms with E-state index < -0.39 is 18.6 Å². The first-order valence-electron chi connectivity index (χ1n) is 11.2. The Kier molecular flexibility index (Phi) is 44.9. The highest BCUT2D eigenvalue weighted by Gasteiger charge is 2.06. The Morgan fingerprint density at radius 3 is 1.45 bits per heavy atom. The highest BCUT2D eigenvalue weighted by Crippen LogP contribution is 2.00. The van der Waals surface area contributed by atoms with Crippen molar-refractivity contribution in [2.24, 2.45) is 0 Å². The van der Waals surface area contributed by atoms with Crippen molar-refractivity contribution in [3.05, 3.63) is 12.2 Å². The van der Waals surface area contributed by atoms with Gasteiger partial charge < -0.3 is 4.74 Å². The van der Waals surface area contributed by atoms with Crippen molar-refractivity contribution < 1.29 is 26.7 Å². The fourth-order valence-corrected chi connectivity index (χ4v) is 1.84. The molecule has 1 N–H and O–H groups in total. The maximum absolute atomic E-state index is 11.2. The number of esters is 1. The molecule has 0 aromatic carbocycles. The first-order valence-corrected chi connectivity index (χ1v) is 16.3. The van der Waals surface area contributed by atoms with Crippen LogP contribution >= 0.6 is 32.0 Å². The Morgan fingerprint density at radius 1 is 0.939 bits per heavy atom. The van der Waals surface area contributed by atoms with Crippen molar-refractivity contribution >= 4 is 56.6 Å².